The quantitative estimate of drug-likeness (QED) is 0.593. The second kappa shape index (κ2) is 9.57. The minimum absolute atomic E-state index is 0.00585. The topological polar surface area (TPSA) is 91.9 Å². The highest BCUT2D eigenvalue weighted by atomic mass is 16.5. The van der Waals surface area contributed by atoms with Gasteiger partial charge >= 0.3 is 0 Å². The first-order valence-corrected chi connectivity index (χ1v) is 9.46. The summed E-state index contributed by atoms with van der Waals surface area (Å²) < 4.78 is 10.9. The third kappa shape index (κ3) is 5.33. The Morgan fingerprint density at radius 2 is 2.15 bits per heavy atom. The van der Waals surface area contributed by atoms with Gasteiger partial charge < -0.3 is 14.8 Å². The molecule has 2 aliphatic rings. The van der Waals surface area contributed by atoms with Crippen molar-refractivity contribution in [2.24, 2.45) is 5.92 Å². The van der Waals surface area contributed by atoms with Gasteiger partial charge in [-0.25, -0.2) is 5.43 Å². The van der Waals surface area contributed by atoms with Gasteiger partial charge in [0.1, 0.15) is 6.61 Å². The van der Waals surface area contributed by atoms with Crippen molar-refractivity contribution in [3.63, 3.8) is 0 Å². The van der Waals surface area contributed by atoms with Crippen LogP contribution in [0.1, 0.15) is 19.3 Å². The smallest absolute Gasteiger partial charge is 0.235 e. The number of hydrogen-bond acceptors (Lipinski definition) is 6. The van der Waals surface area contributed by atoms with Crippen molar-refractivity contribution in [3.8, 4) is 11.5 Å². The van der Waals surface area contributed by atoms with Crippen molar-refractivity contribution >= 4 is 11.8 Å². The Morgan fingerprint density at radius 3 is 2.93 bits per heavy atom. The maximum Gasteiger partial charge on any atom is 0.235 e. The summed E-state index contributed by atoms with van der Waals surface area (Å²) in [6.45, 7) is 3.17. The van der Waals surface area contributed by atoms with Crippen molar-refractivity contribution in [2.75, 3.05) is 39.9 Å². The largest absolute Gasteiger partial charge is 0.493 e. The van der Waals surface area contributed by atoms with E-state index >= 15 is 0 Å². The number of para-hydroxylation sites is 2. The van der Waals surface area contributed by atoms with Crippen LogP contribution in [0.3, 0.4) is 0 Å². The second-order valence-corrected chi connectivity index (χ2v) is 6.91. The molecule has 2 atom stereocenters. The normalized spacial score (nSPS) is 23.4. The average molecular weight is 376 g/mol. The summed E-state index contributed by atoms with van der Waals surface area (Å²) in [4.78, 5) is 26.3. The van der Waals surface area contributed by atoms with Crippen LogP contribution in [0.2, 0.25) is 0 Å². The number of carbonyl (C=O) groups excluding carboxylic acids is 2. The summed E-state index contributed by atoms with van der Waals surface area (Å²) >= 11 is 0. The summed E-state index contributed by atoms with van der Waals surface area (Å²) in [5, 5.41) is 2.97. The van der Waals surface area contributed by atoms with Crippen molar-refractivity contribution in [2.45, 2.75) is 25.3 Å². The molecule has 2 saturated heterocycles. The molecule has 3 rings (SSSR count). The molecule has 1 aromatic rings. The summed E-state index contributed by atoms with van der Waals surface area (Å²) in [6.07, 6.45) is 2.32. The molecular formula is C19H28N4O4. The average Bonchev–Trinajstić information content (AvgIpc) is 2.71. The van der Waals surface area contributed by atoms with Gasteiger partial charge in [0.2, 0.25) is 11.8 Å². The molecule has 2 heterocycles. The van der Waals surface area contributed by atoms with E-state index in [-0.39, 0.29) is 23.8 Å². The van der Waals surface area contributed by atoms with Crippen molar-refractivity contribution in [1.82, 2.24) is 21.1 Å². The third-order valence-electron chi connectivity index (χ3n) is 5.05. The Balaban J connectivity index is 1.41. The molecule has 0 spiro atoms. The number of nitrogens with one attached hydrogen (secondary N) is 3. The molecule has 148 valence electrons. The lowest BCUT2D eigenvalue weighted by molar-refractivity contribution is -0.128. The highest BCUT2D eigenvalue weighted by molar-refractivity contribution is 5.79. The van der Waals surface area contributed by atoms with Crippen LogP contribution in [0.15, 0.2) is 24.3 Å². The van der Waals surface area contributed by atoms with Crippen LogP contribution in [-0.4, -0.2) is 62.7 Å². The lowest BCUT2D eigenvalue weighted by Crippen LogP contribution is -2.57. The number of hydrazine groups is 1. The molecule has 27 heavy (non-hydrogen) atoms. The molecule has 2 amide bonds. The number of carbonyl (C=O) groups is 2. The van der Waals surface area contributed by atoms with E-state index < -0.39 is 0 Å². The third-order valence-corrected chi connectivity index (χ3v) is 5.05. The van der Waals surface area contributed by atoms with Crippen LogP contribution in [-0.2, 0) is 9.59 Å². The van der Waals surface area contributed by atoms with E-state index in [4.69, 9.17) is 9.47 Å². The fourth-order valence-electron chi connectivity index (χ4n) is 3.63. The minimum Gasteiger partial charge on any atom is -0.493 e. The molecule has 2 fully saturated rings. The van der Waals surface area contributed by atoms with E-state index in [1.165, 1.54) is 0 Å². The predicted molar refractivity (Wildman–Crippen MR) is 100 cm³/mol. The number of likely N-dealkylation sites (tertiary alicyclic amines) is 1. The molecule has 8 nitrogen and oxygen atoms in total. The molecule has 1 aromatic carbocycles. The van der Waals surface area contributed by atoms with Crippen molar-refractivity contribution in [3.05, 3.63) is 24.3 Å². The van der Waals surface area contributed by atoms with Gasteiger partial charge in [-0.1, -0.05) is 12.1 Å². The first kappa shape index (κ1) is 19.4. The first-order chi connectivity index (χ1) is 13.2. The number of ether oxygens (including phenoxy) is 2. The van der Waals surface area contributed by atoms with E-state index in [2.05, 4.69) is 21.1 Å². The fraction of sp³-hybridized carbons (Fsp3) is 0.579. The SMILES string of the molecule is COc1ccccc1OCCNC(=O)C1CCCN(C2CNNC(=O)C2)C1. The number of rotatable bonds is 7. The molecule has 0 bridgehead atoms. The molecule has 0 aliphatic carbocycles. The highest BCUT2D eigenvalue weighted by Gasteiger charge is 2.32. The Morgan fingerprint density at radius 1 is 1.33 bits per heavy atom. The van der Waals surface area contributed by atoms with E-state index in [0.717, 1.165) is 19.4 Å². The molecule has 3 N–H and O–H groups in total. The molecule has 0 aromatic heterocycles. The molecule has 0 saturated carbocycles. The van der Waals surface area contributed by atoms with Gasteiger partial charge in [-0.15, -0.1) is 0 Å². The predicted octanol–water partition coefficient (Wildman–Crippen LogP) is 0.295. The number of amides is 2. The summed E-state index contributed by atoms with van der Waals surface area (Å²) in [5.74, 6) is 1.36. The molecule has 2 aliphatic heterocycles. The van der Waals surface area contributed by atoms with E-state index in [1.807, 2.05) is 24.3 Å². The summed E-state index contributed by atoms with van der Waals surface area (Å²) in [7, 11) is 1.60. The highest BCUT2D eigenvalue weighted by Crippen LogP contribution is 2.25. The van der Waals surface area contributed by atoms with E-state index in [9.17, 15) is 9.59 Å². The molecule has 0 radical (unpaired) electrons. The zero-order chi connectivity index (χ0) is 19.1. The minimum atomic E-state index is -0.0463. The van der Waals surface area contributed by atoms with Crippen LogP contribution in [0, 0.1) is 5.92 Å². The van der Waals surface area contributed by atoms with Gasteiger partial charge in [0.15, 0.2) is 11.5 Å². The number of nitrogens with zero attached hydrogens (tertiary/aromatic N) is 1. The molecular weight excluding hydrogens is 348 g/mol. The lowest BCUT2D eigenvalue weighted by Gasteiger charge is -2.39. The van der Waals surface area contributed by atoms with Gasteiger partial charge in [-0.3, -0.25) is 19.9 Å². The zero-order valence-electron chi connectivity index (χ0n) is 15.7. The van der Waals surface area contributed by atoms with Crippen LogP contribution in [0.4, 0.5) is 0 Å². The van der Waals surface area contributed by atoms with Gasteiger partial charge in [0.05, 0.1) is 19.6 Å². The number of piperidine rings is 1. The van der Waals surface area contributed by atoms with Gasteiger partial charge in [-0.05, 0) is 31.5 Å². The fourth-order valence-corrected chi connectivity index (χ4v) is 3.63. The Bertz CT molecular complexity index is 654. The summed E-state index contributed by atoms with van der Waals surface area (Å²) in [6, 6.07) is 7.60. The van der Waals surface area contributed by atoms with Gasteiger partial charge in [-0.2, -0.15) is 0 Å². The number of hydrogen-bond donors (Lipinski definition) is 3. The van der Waals surface area contributed by atoms with Crippen LogP contribution in [0.5, 0.6) is 11.5 Å². The Hall–Kier alpha value is -2.32. The van der Waals surface area contributed by atoms with Gasteiger partial charge in [0.25, 0.3) is 0 Å². The first-order valence-electron chi connectivity index (χ1n) is 9.46. The van der Waals surface area contributed by atoms with E-state index in [0.29, 0.717) is 44.2 Å². The monoisotopic (exact) mass is 376 g/mol. The standard InChI is InChI=1S/C19H28N4O4/c1-26-16-6-2-3-7-17(16)27-10-8-20-19(25)14-5-4-9-23(13-14)15-11-18(24)22-21-12-15/h2-3,6-7,14-15,21H,4-5,8-13H2,1H3,(H,20,25)(H,22,24). The van der Waals surface area contributed by atoms with Crippen LogP contribution < -0.4 is 25.6 Å². The lowest BCUT2D eigenvalue weighted by atomic mass is 9.95. The van der Waals surface area contributed by atoms with Crippen molar-refractivity contribution in [1.29, 1.82) is 0 Å². The maximum atomic E-state index is 12.5. The maximum absolute atomic E-state index is 12.5. The van der Waals surface area contributed by atoms with Gasteiger partial charge in [0, 0.05) is 25.6 Å². The van der Waals surface area contributed by atoms with E-state index in [1.54, 1.807) is 7.11 Å². The Kier molecular flexibility index (Phi) is 6.89. The Labute approximate surface area is 159 Å². The molecule has 2 unspecified atom stereocenters. The second-order valence-electron chi connectivity index (χ2n) is 6.91. The molecule has 8 heteroatoms. The number of methoxy groups -OCH3 is 1. The van der Waals surface area contributed by atoms with Crippen LogP contribution >= 0.6 is 0 Å². The van der Waals surface area contributed by atoms with Crippen molar-refractivity contribution < 1.29 is 19.1 Å². The van der Waals surface area contributed by atoms with Crippen LogP contribution in [0.25, 0.3) is 0 Å². The summed E-state index contributed by atoms with van der Waals surface area (Å²) in [5.41, 5.74) is 5.55. The number of benzene rings is 1. The zero-order valence-corrected chi connectivity index (χ0v) is 15.7.